The highest BCUT2D eigenvalue weighted by Crippen LogP contribution is 2.19. The zero-order chi connectivity index (χ0) is 19.7. The van der Waals surface area contributed by atoms with Crippen LogP contribution < -0.4 is 0 Å². The van der Waals surface area contributed by atoms with Crippen LogP contribution >= 0.6 is 0 Å². The lowest BCUT2D eigenvalue weighted by atomic mass is 10.0. The fourth-order valence-corrected chi connectivity index (χ4v) is 4.36. The SMILES string of the molecule is CCCCCC(CCCCCCCCCCCCC(O)CC)S(=O)(=O)O. The predicted octanol–water partition coefficient (Wildman–Crippen LogP) is 6.28. The summed E-state index contributed by atoms with van der Waals surface area (Å²) in [5.41, 5.74) is 0. The Bertz CT molecular complexity index is 395. The fraction of sp³-hybridized carbons (Fsp3) is 1.00. The molecule has 0 radical (unpaired) electrons. The molecule has 0 aromatic rings. The van der Waals surface area contributed by atoms with Crippen LogP contribution in [0.15, 0.2) is 0 Å². The summed E-state index contributed by atoms with van der Waals surface area (Å²) < 4.78 is 32.2. The summed E-state index contributed by atoms with van der Waals surface area (Å²) in [4.78, 5) is 0. The molecule has 2 atom stereocenters. The Morgan fingerprint density at radius 1 is 0.654 bits per heavy atom. The second-order valence-corrected chi connectivity index (χ2v) is 9.50. The summed E-state index contributed by atoms with van der Waals surface area (Å²) in [7, 11) is -3.88. The summed E-state index contributed by atoms with van der Waals surface area (Å²) in [6.45, 7) is 4.12. The molecular weight excluding hydrogens is 348 g/mol. The molecule has 0 aliphatic heterocycles. The van der Waals surface area contributed by atoms with E-state index in [1.54, 1.807) is 0 Å². The Hall–Kier alpha value is -0.130. The summed E-state index contributed by atoms with van der Waals surface area (Å²) in [5, 5.41) is 8.93. The highest BCUT2D eigenvalue weighted by molar-refractivity contribution is 7.86. The summed E-state index contributed by atoms with van der Waals surface area (Å²) in [6, 6.07) is 0. The van der Waals surface area contributed by atoms with E-state index in [1.807, 2.05) is 6.92 Å². The number of rotatable bonds is 19. The van der Waals surface area contributed by atoms with Crippen molar-refractivity contribution >= 4 is 10.1 Å². The van der Waals surface area contributed by atoms with Crippen molar-refractivity contribution in [3.05, 3.63) is 0 Å². The van der Waals surface area contributed by atoms with Gasteiger partial charge in [-0.05, 0) is 25.7 Å². The van der Waals surface area contributed by atoms with E-state index in [2.05, 4.69) is 6.92 Å². The van der Waals surface area contributed by atoms with Crippen LogP contribution in [0.25, 0.3) is 0 Å². The molecule has 26 heavy (non-hydrogen) atoms. The lowest BCUT2D eigenvalue weighted by Gasteiger charge is -2.13. The minimum absolute atomic E-state index is 0.109. The van der Waals surface area contributed by atoms with Gasteiger partial charge in [0.2, 0.25) is 0 Å². The van der Waals surface area contributed by atoms with Crippen LogP contribution in [-0.2, 0) is 10.1 Å². The summed E-state index contributed by atoms with van der Waals surface area (Å²) in [6.07, 6.45) is 17.7. The molecule has 0 rings (SSSR count). The molecule has 0 spiro atoms. The zero-order valence-corrected chi connectivity index (χ0v) is 18.1. The Morgan fingerprint density at radius 2 is 1.04 bits per heavy atom. The standard InChI is InChI=1S/C21H44O4S/c1-3-5-14-18-21(26(23,24)25)19-16-13-11-9-7-6-8-10-12-15-17-20(22)4-2/h20-22H,3-19H2,1-2H3,(H,23,24,25). The van der Waals surface area contributed by atoms with Crippen LogP contribution in [0.4, 0.5) is 0 Å². The first-order valence-corrected chi connectivity index (χ1v) is 12.6. The monoisotopic (exact) mass is 392 g/mol. The lowest BCUT2D eigenvalue weighted by molar-refractivity contribution is 0.156. The average Bonchev–Trinajstić information content (AvgIpc) is 2.59. The summed E-state index contributed by atoms with van der Waals surface area (Å²) >= 11 is 0. The van der Waals surface area contributed by atoms with Gasteiger partial charge >= 0.3 is 0 Å². The van der Waals surface area contributed by atoms with E-state index in [0.29, 0.717) is 12.8 Å². The molecule has 158 valence electrons. The first-order chi connectivity index (χ1) is 12.4. The van der Waals surface area contributed by atoms with Crippen LogP contribution in [0.1, 0.15) is 123 Å². The van der Waals surface area contributed by atoms with Crippen molar-refractivity contribution in [2.75, 3.05) is 0 Å². The van der Waals surface area contributed by atoms with Gasteiger partial charge in [-0.15, -0.1) is 0 Å². The highest BCUT2D eigenvalue weighted by atomic mass is 32.2. The van der Waals surface area contributed by atoms with E-state index in [-0.39, 0.29) is 6.10 Å². The molecule has 4 nitrogen and oxygen atoms in total. The zero-order valence-electron chi connectivity index (χ0n) is 17.3. The van der Waals surface area contributed by atoms with E-state index in [4.69, 9.17) is 0 Å². The van der Waals surface area contributed by atoms with E-state index in [0.717, 1.165) is 57.8 Å². The third-order valence-corrected chi connectivity index (χ3v) is 6.65. The van der Waals surface area contributed by atoms with Crippen molar-refractivity contribution in [3.8, 4) is 0 Å². The molecule has 0 aromatic carbocycles. The topological polar surface area (TPSA) is 74.6 Å². The van der Waals surface area contributed by atoms with Crippen LogP contribution in [0, 0.1) is 0 Å². The molecule has 2 unspecified atom stereocenters. The van der Waals surface area contributed by atoms with Gasteiger partial charge in [-0.2, -0.15) is 8.42 Å². The number of aliphatic hydroxyl groups excluding tert-OH is 1. The van der Waals surface area contributed by atoms with Crippen molar-refractivity contribution in [2.24, 2.45) is 0 Å². The van der Waals surface area contributed by atoms with Gasteiger partial charge in [-0.1, -0.05) is 97.3 Å². The number of hydrogen-bond donors (Lipinski definition) is 2. The molecule has 0 saturated carbocycles. The van der Waals surface area contributed by atoms with Crippen LogP contribution in [0.2, 0.25) is 0 Å². The third-order valence-electron chi connectivity index (χ3n) is 5.34. The van der Waals surface area contributed by atoms with Gasteiger partial charge in [0.05, 0.1) is 11.4 Å². The van der Waals surface area contributed by atoms with Crippen LogP contribution in [0.5, 0.6) is 0 Å². The van der Waals surface area contributed by atoms with E-state index < -0.39 is 15.4 Å². The molecule has 0 aliphatic carbocycles. The molecule has 0 bridgehead atoms. The first kappa shape index (κ1) is 25.9. The van der Waals surface area contributed by atoms with Crippen molar-refractivity contribution in [1.29, 1.82) is 0 Å². The van der Waals surface area contributed by atoms with Gasteiger partial charge in [0.15, 0.2) is 0 Å². The van der Waals surface area contributed by atoms with E-state index >= 15 is 0 Å². The smallest absolute Gasteiger partial charge is 0.267 e. The molecule has 0 fully saturated rings. The normalized spacial score (nSPS) is 14.5. The second kappa shape index (κ2) is 17.0. The van der Waals surface area contributed by atoms with Gasteiger partial charge in [-0.25, -0.2) is 0 Å². The van der Waals surface area contributed by atoms with E-state index in [1.165, 1.54) is 38.5 Å². The van der Waals surface area contributed by atoms with Gasteiger partial charge in [0.25, 0.3) is 10.1 Å². The molecule has 0 amide bonds. The molecular formula is C21H44O4S. The van der Waals surface area contributed by atoms with Crippen molar-refractivity contribution < 1.29 is 18.1 Å². The third kappa shape index (κ3) is 16.1. The van der Waals surface area contributed by atoms with Crippen molar-refractivity contribution in [2.45, 2.75) is 134 Å². The van der Waals surface area contributed by atoms with Crippen LogP contribution in [-0.4, -0.2) is 29.4 Å². The Labute approximate surface area is 162 Å². The molecule has 0 aromatic heterocycles. The number of hydrogen-bond acceptors (Lipinski definition) is 3. The van der Waals surface area contributed by atoms with Crippen molar-refractivity contribution in [3.63, 3.8) is 0 Å². The quantitative estimate of drug-likeness (QED) is 0.200. The molecule has 0 saturated heterocycles. The van der Waals surface area contributed by atoms with Gasteiger partial charge < -0.3 is 5.11 Å². The maximum atomic E-state index is 11.4. The Kier molecular flexibility index (Phi) is 16.9. The minimum atomic E-state index is -3.88. The Balaban J connectivity index is 3.50. The number of aliphatic hydroxyl groups is 1. The largest absolute Gasteiger partial charge is 0.393 e. The Morgan fingerprint density at radius 3 is 1.42 bits per heavy atom. The second-order valence-electron chi connectivity index (χ2n) is 7.81. The molecule has 2 N–H and O–H groups in total. The average molecular weight is 393 g/mol. The first-order valence-electron chi connectivity index (χ1n) is 11.1. The van der Waals surface area contributed by atoms with Gasteiger partial charge in [-0.3, -0.25) is 4.55 Å². The maximum Gasteiger partial charge on any atom is 0.267 e. The fourth-order valence-electron chi connectivity index (χ4n) is 3.43. The highest BCUT2D eigenvalue weighted by Gasteiger charge is 2.21. The minimum Gasteiger partial charge on any atom is -0.393 e. The molecule has 0 heterocycles. The van der Waals surface area contributed by atoms with Crippen LogP contribution in [0.3, 0.4) is 0 Å². The predicted molar refractivity (Wildman–Crippen MR) is 111 cm³/mol. The van der Waals surface area contributed by atoms with Crippen molar-refractivity contribution in [1.82, 2.24) is 0 Å². The summed E-state index contributed by atoms with van der Waals surface area (Å²) in [5.74, 6) is 0. The van der Waals surface area contributed by atoms with Gasteiger partial charge in [0, 0.05) is 0 Å². The molecule has 0 aliphatic rings. The lowest BCUT2D eigenvalue weighted by Crippen LogP contribution is -2.20. The van der Waals surface area contributed by atoms with Gasteiger partial charge in [0.1, 0.15) is 0 Å². The number of unbranched alkanes of at least 4 members (excludes halogenated alkanes) is 11. The maximum absolute atomic E-state index is 11.4. The van der Waals surface area contributed by atoms with E-state index in [9.17, 15) is 18.1 Å². The molecule has 5 heteroatoms.